The van der Waals surface area contributed by atoms with Crippen molar-refractivity contribution >= 4 is 17.5 Å². The highest BCUT2D eigenvalue weighted by atomic mass is 16.5. The summed E-state index contributed by atoms with van der Waals surface area (Å²) in [5.41, 5.74) is 0.220. The Morgan fingerprint density at radius 1 is 1.32 bits per heavy atom. The van der Waals surface area contributed by atoms with Gasteiger partial charge in [0.1, 0.15) is 11.7 Å². The van der Waals surface area contributed by atoms with E-state index >= 15 is 0 Å². The number of benzene rings is 1. The Morgan fingerprint density at radius 3 is 2.45 bits per heavy atom. The van der Waals surface area contributed by atoms with Crippen LogP contribution in [0.1, 0.15) is 30.6 Å². The molecule has 6 nitrogen and oxygen atoms in total. The van der Waals surface area contributed by atoms with Gasteiger partial charge in [-0.05, 0) is 37.6 Å². The molecule has 0 saturated heterocycles. The molecule has 6 heteroatoms. The molecule has 0 bridgehead atoms. The molecule has 1 aromatic carbocycles. The molecule has 0 aromatic heterocycles. The fraction of sp³-hybridized carbons (Fsp3) is 0.375. The predicted molar refractivity (Wildman–Crippen MR) is 80.0 cm³/mol. The normalized spacial score (nSPS) is 11.1. The minimum atomic E-state index is -1.17. The number of hydrogen-bond donors (Lipinski definition) is 1. The molecule has 0 aliphatic carbocycles. The molecule has 0 amide bonds. The summed E-state index contributed by atoms with van der Waals surface area (Å²) in [6.45, 7) is 3.42. The maximum Gasteiger partial charge on any atom is 0.338 e. The van der Waals surface area contributed by atoms with Gasteiger partial charge in [0.2, 0.25) is 0 Å². The summed E-state index contributed by atoms with van der Waals surface area (Å²) in [5, 5.41) is 16.1. The molecule has 0 spiro atoms. The summed E-state index contributed by atoms with van der Waals surface area (Å²) in [6, 6.07) is 8.09. The van der Waals surface area contributed by atoms with E-state index in [1.54, 1.807) is 30.3 Å². The van der Waals surface area contributed by atoms with Gasteiger partial charge in [0.15, 0.2) is 12.4 Å². The van der Waals surface area contributed by atoms with Crippen molar-refractivity contribution in [1.82, 2.24) is 0 Å². The third kappa shape index (κ3) is 5.02. The van der Waals surface area contributed by atoms with Gasteiger partial charge in [-0.3, -0.25) is 4.79 Å². The zero-order chi connectivity index (χ0) is 16.5. The summed E-state index contributed by atoms with van der Waals surface area (Å²) in [5.74, 6) is -1.78. The number of Topliss-reactive ketones (excluding diaryl/α,β-unsaturated/α-hetero) is 1. The van der Waals surface area contributed by atoms with E-state index in [-0.39, 0.29) is 11.3 Å². The van der Waals surface area contributed by atoms with Crippen LogP contribution in [0.3, 0.4) is 0 Å². The molecular weight excluding hydrogens is 284 g/mol. The Kier molecular flexibility index (Phi) is 6.77. The number of nitriles is 1. The SMILES string of the molecule is CCCOc1ccc(C(=O)OCC(=O)[C@@H](C#N)C(C)=N)cc1. The Balaban J connectivity index is 2.57. The molecule has 116 valence electrons. The van der Waals surface area contributed by atoms with E-state index in [0.717, 1.165) is 6.42 Å². The molecule has 1 N–H and O–H groups in total. The molecule has 1 rings (SSSR count). The third-order valence-electron chi connectivity index (χ3n) is 2.79. The molecule has 0 fully saturated rings. The number of nitrogens with zero attached hydrogens (tertiary/aromatic N) is 1. The molecule has 0 saturated carbocycles. The van der Waals surface area contributed by atoms with Crippen molar-refractivity contribution in [3.05, 3.63) is 29.8 Å². The van der Waals surface area contributed by atoms with Crippen molar-refractivity contribution in [2.45, 2.75) is 20.3 Å². The van der Waals surface area contributed by atoms with Gasteiger partial charge in [0.25, 0.3) is 0 Å². The van der Waals surface area contributed by atoms with Gasteiger partial charge < -0.3 is 14.9 Å². The van der Waals surface area contributed by atoms with Crippen LogP contribution in [0.25, 0.3) is 0 Å². The van der Waals surface area contributed by atoms with E-state index in [1.807, 2.05) is 6.92 Å². The average molecular weight is 302 g/mol. The predicted octanol–water partition coefficient (Wildman–Crippen LogP) is 2.38. The van der Waals surface area contributed by atoms with Crippen molar-refractivity contribution in [2.75, 3.05) is 13.2 Å². The summed E-state index contributed by atoms with van der Waals surface area (Å²) in [4.78, 5) is 23.5. The summed E-state index contributed by atoms with van der Waals surface area (Å²) >= 11 is 0. The van der Waals surface area contributed by atoms with Gasteiger partial charge in [-0.2, -0.15) is 5.26 Å². The highest BCUT2D eigenvalue weighted by Gasteiger charge is 2.21. The molecule has 1 atom stereocenters. The van der Waals surface area contributed by atoms with Gasteiger partial charge >= 0.3 is 5.97 Å². The molecule has 0 unspecified atom stereocenters. The molecular formula is C16H18N2O4. The molecule has 0 heterocycles. The number of esters is 1. The Labute approximate surface area is 129 Å². The van der Waals surface area contributed by atoms with Crippen molar-refractivity contribution in [2.24, 2.45) is 5.92 Å². The lowest BCUT2D eigenvalue weighted by Gasteiger charge is -2.08. The summed E-state index contributed by atoms with van der Waals surface area (Å²) < 4.78 is 10.3. The van der Waals surface area contributed by atoms with Crippen LogP contribution in [0.5, 0.6) is 5.75 Å². The van der Waals surface area contributed by atoms with E-state index in [2.05, 4.69) is 0 Å². The topological polar surface area (TPSA) is 100 Å². The fourth-order valence-corrected chi connectivity index (χ4v) is 1.62. The van der Waals surface area contributed by atoms with E-state index in [9.17, 15) is 9.59 Å². The number of rotatable bonds is 8. The van der Waals surface area contributed by atoms with Crippen molar-refractivity contribution < 1.29 is 19.1 Å². The van der Waals surface area contributed by atoms with Gasteiger partial charge in [0.05, 0.1) is 18.2 Å². The highest BCUT2D eigenvalue weighted by Crippen LogP contribution is 2.13. The first-order valence-electron chi connectivity index (χ1n) is 6.87. The van der Waals surface area contributed by atoms with Crippen molar-refractivity contribution in [3.8, 4) is 11.8 Å². The minimum absolute atomic E-state index is 0.0685. The summed E-state index contributed by atoms with van der Waals surface area (Å²) in [7, 11) is 0. The number of carbonyl (C=O) groups is 2. The van der Waals surface area contributed by atoms with Crippen molar-refractivity contribution in [3.63, 3.8) is 0 Å². The third-order valence-corrected chi connectivity index (χ3v) is 2.79. The molecule has 22 heavy (non-hydrogen) atoms. The lowest BCUT2D eigenvalue weighted by molar-refractivity contribution is -0.122. The van der Waals surface area contributed by atoms with Crippen LogP contribution in [0, 0.1) is 22.7 Å². The maximum absolute atomic E-state index is 11.8. The second kappa shape index (κ2) is 8.57. The van der Waals surface area contributed by atoms with Gasteiger partial charge in [-0.25, -0.2) is 4.79 Å². The standard InChI is InChI=1S/C16H18N2O4/c1-3-8-21-13-6-4-12(5-7-13)16(20)22-10-15(19)14(9-17)11(2)18/h4-7,14,18H,3,8,10H2,1-2H3/t14-/m0/s1. The van der Waals surface area contributed by atoms with Gasteiger partial charge in [-0.1, -0.05) is 6.92 Å². The van der Waals surface area contributed by atoms with Crippen LogP contribution in [0.15, 0.2) is 24.3 Å². The number of nitrogens with one attached hydrogen (secondary N) is 1. The largest absolute Gasteiger partial charge is 0.494 e. The number of carbonyl (C=O) groups excluding carboxylic acids is 2. The van der Waals surface area contributed by atoms with E-state index in [1.165, 1.54) is 6.92 Å². The Bertz CT molecular complexity index is 587. The Hall–Kier alpha value is -2.68. The quantitative estimate of drug-likeness (QED) is 0.587. The summed E-state index contributed by atoms with van der Waals surface area (Å²) in [6.07, 6.45) is 0.887. The van der Waals surface area contributed by atoms with E-state index in [4.69, 9.17) is 20.1 Å². The van der Waals surface area contributed by atoms with E-state index in [0.29, 0.717) is 12.4 Å². The highest BCUT2D eigenvalue weighted by molar-refractivity contribution is 6.06. The van der Waals surface area contributed by atoms with E-state index < -0.39 is 24.3 Å². The Morgan fingerprint density at radius 2 is 1.95 bits per heavy atom. The average Bonchev–Trinajstić information content (AvgIpc) is 2.51. The smallest absolute Gasteiger partial charge is 0.338 e. The number of ether oxygens (including phenoxy) is 2. The minimum Gasteiger partial charge on any atom is -0.494 e. The first kappa shape index (κ1) is 17.4. The lowest BCUT2D eigenvalue weighted by atomic mass is 10.0. The van der Waals surface area contributed by atoms with Crippen LogP contribution in [0.2, 0.25) is 0 Å². The van der Waals surface area contributed by atoms with Crippen LogP contribution in [-0.2, 0) is 9.53 Å². The second-order valence-corrected chi connectivity index (χ2v) is 4.66. The second-order valence-electron chi connectivity index (χ2n) is 4.66. The molecule has 0 aliphatic rings. The number of hydrogen-bond acceptors (Lipinski definition) is 6. The first-order valence-corrected chi connectivity index (χ1v) is 6.87. The maximum atomic E-state index is 11.8. The first-order chi connectivity index (χ1) is 10.5. The van der Waals surface area contributed by atoms with Crippen LogP contribution < -0.4 is 4.74 Å². The molecule has 1 aromatic rings. The zero-order valence-electron chi connectivity index (χ0n) is 12.6. The molecule has 0 radical (unpaired) electrons. The fourth-order valence-electron chi connectivity index (χ4n) is 1.62. The zero-order valence-corrected chi connectivity index (χ0v) is 12.6. The van der Waals surface area contributed by atoms with Gasteiger partial charge in [0, 0.05) is 5.71 Å². The van der Waals surface area contributed by atoms with Crippen LogP contribution in [-0.4, -0.2) is 30.7 Å². The molecule has 0 aliphatic heterocycles. The van der Waals surface area contributed by atoms with Crippen LogP contribution >= 0.6 is 0 Å². The van der Waals surface area contributed by atoms with Crippen molar-refractivity contribution in [1.29, 1.82) is 10.7 Å². The van der Waals surface area contributed by atoms with Gasteiger partial charge in [-0.15, -0.1) is 0 Å². The monoisotopic (exact) mass is 302 g/mol. The van der Waals surface area contributed by atoms with Crippen LogP contribution in [0.4, 0.5) is 0 Å². The lowest BCUT2D eigenvalue weighted by Crippen LogP contribution is -2.25. The number of ketones is 1.